The molecule has 0 radical (unpaired) electrons. The van der Waals surface area contributed by atoms with E-state index >= 15 is 0 Å². The molecule has 0 spiro atoms. The maximum atomic E-state index is 4.40. The van der Waals surface area contributed by atoms with Crippen molar-refractivity contribution < 1.29 is 0 Å². The molecule has 126 valence electrons. The normalized spacial score (nSPS) is 11.5. The molecule has 2 heterocycles. The van der Waals surface area contributed by atoms with Crippen molar-refractivity contribution in [3.63, 3.8) is 0 Å². The molecular formula is C19H24N4S. The van der Waals surface area contributed by atoms with E-state index in [4.69, 9.17) is 0 Å². The largest absolute Gasteiger partial charge is 0.308 e. The average Bonchev–Trinajstić information content (AvgIpc) is 3.27. The van der Waals surface area contributed by atoms with Gasteiger partial charge in [-0.2, -0.15) is 5.10 Å². The second kappa shape index (κ2) is 8.24. The van der Waals surface area contributed by atoms with Crippen LogP contribution in [0.15, 0.2) is 60.2 Å². The van der Waals surface area contributed by atoms with Crippen LogP contribution in [0.1, 0.15) is 10.4 Å². The number of nitrogens with zero attached hydrogens (tertiary/aromatic N) is 4. The van der Waals surface area contributed by atoms with Gasteiger partial charge in [-0.25, -0.2) is 4.68 Å². The fourth-order valence-corrected chi connectivity index (χ4v) is 3.44. The van der Waals surface area contributed by atoms with Crippen molar-refractivity contribution in [3.05, 3.63) is 70.7 Å². The van der Waals surface area contributed by atoms with Crippen LogP contribution < -0.4 is 0 Å². The van der Waals surface area contributed by atoms with Crippen LogP contribution in [0.3, 0.4) is 0 Å². The molecule has 4 nitrogen and oxygen atoms in total. The Hall–Kier alpha value is -1.95. The van der Waals surface area contributed by atoms with Crippen molar-refractivity contribution in [3.8, 4) is 5.69 Å². The zero-order valence-electron chi connectivity index (χ0n) is 14.3. The van der Waals surface area contributed by atoms with E-state index in [0.29, 0.717) is 0 Å². The van der Waals surface area contributed by atoms with Gasteiger partial charge in [-0.1, -0.05) is 24.3 Å². The quantitative estimate of drug-likeness (QED) is 0.627. The number of thiophene rings is 1. The van der Waals surface area contributed by atoms with Crippen molar-refractivity contribution in [1.29, 1.82) is 0 Å². The van der Waals surface area contributed by atoms with Crippen molar-refractivity contribution in [1.82, 2.24) is 19.6 Å². The summed E-state index contributed by atoms with van der Waals surface area (Å²) in [5, 5.41) is 6.55. The molecule has 24 heavy (non-hydrogen) atoms. The lowest BCUT2D eigenvalue weighted by atomic mass is 10.1. The summed E-state index contributed by atoms with van der Waals surface area (Å²) < 4.78 is 1.95. The third-order valence-electron chi connectivity index (χ3n) is 3.96. The first-order chi connectivity index (χ1) is 11.7. The van der Waals surface area contributed by atoms with Gasteiger partial charge in [-0.05, 0) is 43.2 Å². The van der Waals surface area contributed by atoms with Gasteiger partial charge < -0.3 is 4.90 Å². The number of likely N-dealkylation sites (N-methyl/N-ethyl adjacent to an activating group) is 1. The summed E-state index contributed by atoms with van der Waals surface area (Å²) in [5.41, 5.74) is 2.46. The Morgan fingerprint density at radius 2 is 1.88 bits per heavy atom. The van der Waals surface area contributed by atoms with Crippen LogP contribution in [0.2, 0.25) is 0 Å². The second-order valence-corrected chi connectivity index (χ2v) is 7.20. The maximum absolute atomic E-state index is 4.40. The van der Waals surface area contributed by atoms with Crippen molar-refractivity contribution in [2.75, 3.05) is 27.2 Å². The Labute approximate surface area is 148 Å². The van der Waals surface area contributed by atoms with Crippen LogP contribution in [0.4, 0.5) is 0 Å². The molecule has 2 aromatic heterocycles. The SMILES string of the molecule is CN(C)CCN(Cc1cccs1)Cc1ccccc1-n1cccn1. The van der Waals surface area contributed by atoms with E-state index in [9.17, 15) is 0 Å². The fourth-order valence-electron chi connectivity index (χ4n) is 2.70. The molecule has 1 aromatic carbocycles. The predicted molar refractivity (Wildman–Crippen MR) is 101 cm³/mol. The molecule has 0 amide bonds. The topological polar surface area (TPSA) is 24.3 Å². The Kier molecular flexibility index (Phi) is 5.80. The van der Waals surface area contributed by atoms with Gasteiger partial charge in [0.05, 0.1) is 5.69 Å². The molecular weight excluding hydrogens is 316 g/mol. The number of aromatic nitrogens is 2. The first kappa shape index (κ1) is 16.9. The van der Waals surface area contributed by atoms with Gasteiger partial charge >= 0.3 is 0 Å². The van der Waals surface area contributed by atoms with Crippen LogP contribution in [0, 0.1) is 0 Å². The highest BCUT2D eigenvalue weighted by Gasteiger charge is 2.12. The summed E-state index contributed by atoms with van der Waals surface area (Å²) in [7, 11) is 4.25. The lowest BCUT2D eigenvalue weighted by Crippen LogP contribution is -2.31. The van der Waals surface area contributed by atoms with E-state index in [-0.39, 0.29) is 0 Å². The van der Waals surface area contributed by atoms with Crippen LogP contribution in [-0.2, 0) is 13.1 Å². The average molecular weight is 340 g/mol. The van der Waals surface area contributed by atoms with Gasteiger partial charge in [-0.3, -0.25) is 4.90 Å². The van der Waals surface area contributed by atoms with Crippen LogP contribution in [0.25, 0.3) is 5.69 Å². The predicted octanol–water partition coefficient (Wildman–Crippen LogP) is 3.50. The van der Waals surface area contributed by atoms with Crippen molar-refractivity contribution in [2.24, 2.45) is 0 Å². The molecule has 0 saturated heterocycles. The fraction of sp³-hybridized carbons (Fsp3) is 0.316. The van der Waals surface area contributed by atoms with Gasteiger partial charge in [0.1, 0.15) is 0 Å². The molecule has 5 heteroatoms. The van der Waals surface area contributed by atoms with Gasteiger partial charge in [0.2, 0.25) is 0 Å². The Morgan fingerprint density at radius 3 is 2.58 bits per heavy atom. The number of hydrogen-bond donors (Lipinski definition) is 0. The van der Waals surface area contributed by atoms with Crippen LogP contribution in [-0.4, -0.2) is 46.8 Å². The summed E-state index contributed by atoms with van der Waals surface area (Å²) in [6.07, 6.45) is 3.83. The van der Waals surface area contributed by atoms with Gasteiger partial charge in [0.25, 0.3) is 0 Å². The number of para-hydroxylation sites is 1. The highest BCUT2D eigenvalue weighted by atomic mass is 32.1. The number of rotatable bonds is 8. The smallest absolute Gasteiger partial charge is 0.0690 e. The number of hydrogen-bond acceptors (Lipinski definition) is 4. The van der Waals surface area contributed by atoms with Gasteiger partial charge in [0, 0.05) is 43.4 Å². The monoisotopic (exact) mass is 340 g/mol. The van der Waals surface area contributed by atoms with Gasteiger partial charge in [-0.15, -0.1) is 11.3 Å². The minimum Gasteiger partial charge on any atom is -0.308 e. The summed E-state index contributed by atoms with van der Waals surface area (Å²) in [6.45, 7) is 3.99. The van der Waals surface area contributed by atoms with Crippen molar-refractivity contribution >= 4 is 11.3 Å². The highest BCUT2D eigenvalue weighted by molar-refractivity contribution is 7.09. The first-order valence-corrected chi connectivity index (χ1v) is 9.08. The zero-order valence-corrected chi connectivity index (χ0v) is 15.1. The standard InChI is InChI=1S/C19H24N4S/c1-21(2)12-13-22(16-18-8-5-14-24-18)15-17-7-3-4-9-19(17)23-11-6-10-20-23/h3-11,14H,12-13,15-16H2,1-2H3. The van der Waals surface area contributed by atoms with E-state index in [1.807, 2.05) is 34.5 Å². The second-order valence-electron chi connectivity index (χ2n) is 6.17. The summed E-state index contributed by atoms with van der Waals surface area (Å²) in [5.74, 6) is 0. The zero-order chi connectivity index (χ0) is 16.8. The first-order valence-electron chi connectivity index (χ1n) is 8.20. The molecule has 0 aliphatic carbocycles. The van der Waals surface area contributed by atoms with Crippen LogP contribution >= 0.6 is 11.3 Å². The molecule has 0 saturated carbocycles. The molecule has 0 fully saturated rings. The maximum Gasteiger partial charge on any atom is 0.0690 e. The number of benzene rings is 1. The van der Waals surface area contributed by atoms with Crippen LogP contribution in [0.5, 0.6) is 0 Å². The van der Waals surface area contributed by atoms with E-state index < -0.39 is 0 Å². The molecule has 0 bridgehead atoms. The lowest BCUT2D eigenvalue weighted by Gasteiger charge is -2.24. The van der Waals surface area contributed by atoms with E-state index in [1.54, 1.807) is 0 Å². The van der Waals surface area contributed by atoms with E-state index in [2.05, 4.69) is 70.8 Å². The Morgan fingerprint density at radius 1 is 1.00 bits per heavy atom. The minimum absolute atomic E-state index is 0.918. The molecule has 0 aliphatic rings. The third-order valence-corrected chi connectivity index (χ3v) is 4.82. The summed E-state index contributed by atoms with van der Waals surface area (Å²) >= 11 is 1.83. The van der Waals surface area contributed by atoms with Crippen molar-refractivity contribution in [2.45, 2.75) is 13.1 Å². The Balaban J connectivity index is 1.79. The molecule has 0 atom stereocenters. The van der Waals surface area contributed by atoms with Gasteiger partial charge in [0.15, 0.2) is 0 Å². The molecule has 3 aromatic rings. The minimum atomic E-state index is 0.918. The third kappa shape index (κ3) is 4.54. The molecule has 0 unspecified atom stereocenters. The molecule has 0 aliphatic heterocycles. The molecule has 3 rings (SSSR count). The van der Waals surface area contributed by atoms with E-state index in [0.717, 1.165) is 31.9 Å². The van der Waals surface area contributed by atoms with E-state index in [1.165, 1.54) is 10.4 Å². The summed E-state index contributed by atoms with van der Waals surface area (Å²) in [6, 6.07) is 14.8. The highest BCUT2D eigenvalue weighted by Crippen LogP contribution is 2.18. The lowest BCUT2D eigenvalue weighted by molar-refractivity contribution is 0.227. The molecule has 0 N–H and O–H groups in total. The Bertz CT molecular complexity index is 720. The summed E-state index contributed by atoms with van der Waals surface area (Å²) in [4.78, 5) is 6.15.